The number of anilines is 1. The minimum atomic E-state index is -0.886. The lowest BCUT2D eigenvalue weighted by molar-refractivity contribution is -0.118. The molecule has 4 nitrogen and oxygen atoms in total. The van der Waals surface area contributed by atoms with Crippen LogP contribution in [-0.2, 0) is 10.2 Å². The van der Waals surface area contributed by atoms with Gasteiger partial charge in [0.2, 0.25) is 5.91 Å². The number of hydrogen-bond donors (Lipinski definition) is 3. The highest BCUT2D eigenvalue weighted by molar-refractivity contribution is 5.95. The Balaban J connectivity index is 2.99. The van der Waals surface area contributed by atoms with Gasteiger partial charge in [-0.1, -0.05) is 32.9 Å². The highest BCUT2D eigenvalue weighted by Crippen LogP contribution is 2.26. The van der Waals surface area contributed by atoms with Crippen LogP contribution in [-0.4, -0.2) is 23.7 Å². The molecule has 0 saturated heterocycles. The van der Waals surface area contributed by atoms with Gasteiger partial charge in [0.25, 0.3) is 0 Å². The van der Waals surface area contributed by atoms with Crippen LogP contribution in [0.2, 0.25) is 0 Å². The zero-order chi connectivity index (χ0) is 13.9. The molecule has 0 aromatic heterocycles. The maximum atomic E-state index is 11.7. The van der Waals surface area contributed by atoms with Crippen LogP contribution in [0.15, 0.2) is 18.2 Å². The van der Waals surface area contributed by atoms with Gasteiger partial charge in [-0.05, 0) is 29.5 Å². The minimum absolute atomic E-state index is 0.0201. The van der Waals surface area contributed by atoms with Crippen LogP contribution in [0.4, 0.5) is 5.69 Å². The number of nitrogens with two attached hydrogens (primary N) is 1. The quantitative estimate of drug-likeness (QED) is 0.762. The van der Waals surface area contributed by atoms with Gasteiger partial charge in [0.1, 0.15) is 6.04 Å². The second-order valence-corrected chi connectivity index (χ2v) is 5.56. The lowest BCUT2D eigenvalue weighted by atomic mass is 9.86. The highest BCUT2D eigenvalue weighted by atomic mass is 16.3. The van der Waals surface area contributed by atoms with Gasteiger partial charge in [-0.3, -0.25) is 4.79 Å². The van der Waals surface area contributed by atoms with Crippen LogP contribution in [0.1, 0.15) is 31.9 Å². The van der Waals surface area contributed by atoms with Crippen molar-refractivity contribution in [1.29, 1.82) is 0 Å². The Morgan fingerprint density at radius 1 is 1.44 bits per heavy atom. The monoisotopic (exact) mass is 250 g/mol. The van der Waals surface area contributed by atoms with E-state index in [4.69, 9.17) is 10.8 Å². The third kappa shape index (κ3) is 3.55. The molecule has 1 rings (SSSR count). The number of aliphatic hydroxyl groups excluding tert-OH is 1. The first kappa shape index (κ1) is 14.7. The summed E-state index contributed by atoms with van der Waals surface area (Å²) in [5.41, 5.74) is 8.36. The van der Waals surface area contributed by atoms with Gasteiger partial charge in [-0.25, -0.2) is 0 Å². The molecule has 1 aromatic carbocycles. The molecule has 0 aliphatic heterocycles. The SMILES string of the molecule is Cc1ccc(C(C)(C)C)cc1NC(=O)C(N)CO. The molecule has 100 valence electrons. The summed E-state index contributed by atoms with van der Waals surface area (Å²) in [7, 11) is 0. The van der Waals surface area contributed by atoms with E-state index in [1.54, 1.807) is 0 Å². The van der Waals surface area contributed by atoms with Crippen molar-refractivity contribution < 1.29 is 9.90 Å². The average molecular weight is 250 g/mol. The number of amides is 1. The number of aryl methyl sites for hydroxylation is 1. The third-order valence-electron chi connectivity index (χ3n) is 2.89. The molecule has 1 amide bonds. The van der Waals surface area contributed by atoms with E-state index in [0.717, 1.165) is 16.8 Å². The van der Waals surface area contributed by atoms with Crippen molar-refractivity contribution >= 4 is 11.6 Å². The molecule has 18 heavy (non-hydrogen) atoms. The van der Waals surface area contributed by atoms with Crippen molar-refractivity contribution in [2.24, 2.45) is 5.73 Å². The first-order chi connectivity index (χ1) is 8.25. The van der Waals surface area contributed by atoms with Crippen LogP contribution in [0.25, 0.3) is 0 Å². The molecule has 0 heterocycles. The molecular formula is C14H22N2O2. The second kappa shape index (κ2) is 5.50. The van der Waals surface area contributed by atoms with Crippen molar-refractivity contribution in [1.82, 2.24) is 0 Å². The predicted molar refractivity (Wildman–Crippen MR) is 73.6 cm³/mol. The standard InChI is InChI=1S/C14H22N2O2/c1-9-5-6-10(14(2,3)4)7-12(9)16-13(18)11(15)8-17/h5-7,11,17H,8,15H2,1-4H3,(H,16,18). The molecule has 1 aromatic rings. The smallest absolute Gasteiger partial charge is 0.243 e. The average Bonchev–Trinajstić information content (AvgIpc) is 2.29. The lowest BCUT2D eigenvalue weighted by Gasteiger charge is -2.21. The normalized spacial score (nSPS) is 13.2. The molecule has 0 aliphatic carbocycles. The Morgan fingerprint density at radius 2 is 2.06 bits per heavy atom. The third-order valence-corrected chi connectivity index (χ3v) is 2.89. The van der Waals surface area contributed by atoms with Crippen LogP contribution in [0.5, 0.6) is 0 Å². The van der Waals surface area contributed by atoms with E-state index in [0.29, 0.717) is 0 Å². The zero-order valence-electron chi connectivity index (χ0n) is 11.4. The van der Waals surface area contributed by atoms with Gasteiger partial charge < -0.3 is 16.2 Å². The summed E-state index contributed by atoms with van der Waals surface area (Å²) < 4.78 is 0. The van der Waals surface area contributed by atoms with E-state index in [9.17, 15) is 4.79 Å². The number of hydrogen-bond acceptors (Lipinski definition) is 3. The summed E-state index contributed by atoms with van der Waals surface area (Å²) in [6.45, 7) is 7.91. The lowest BCUT2D eigenvalue weighted by Crippen LogP contribution is -2.38. The zero-order valence-corrected chi connectivity index (χ0v) is 11.4. The Kier molecular flexibility index (Phi) is 4.48. The number of carbonyl (C=O) groups is 1. The van der Waals surface area contributed by atoms with Gasteiger partial charge in [0, 0.05) is 5.69 Å². The first-order valence-electron chi connectivity index (χ1n) is 6.04. The Hall–Kier alpha value is -1.39. The molecule has 0 aliphatic rings. The van der Waals surface area contributed by atoms with Crippen molar-refractivity contribution in [2.45, 2.75) is 39.2 Å². The van der Waals surface area contributed by atoms with E-state index >= 15 is 0 Å². The summed E-state index contributed by atoms with van der Waals surface area (Å²) in [6.07, 6.45) is 0. The molecule has 0 fully saturated rings. The molecule has 4 heteroatoms. The summed E-state index contributed by atoms with van der Waals surface area (Å²) >= 11 is 0. The van der Waals surface area contributed by atoms with E-state index in [-0.39, 0.29) is 17.9 Å². The number of benzene rings is 1. The first-order valence-corrected chi connectivity index (χ1v) is 6.04. The highest BCUT2D eigenvalue weighted by Gasteiger charge is 2.17. The summed E-state index contributed by atoms with van der Waals surface area (Å²) in [6, 6.07) is 5.09. The molecular weight excluding hydrogens is 228 g/mol. The number of nitrogens with one attached hydrogen (secondary N) is 1. The molecule has 0 bridgehead atoms. The Bertz CT molecular complexity index is 436. The summed E-state index contributed by atoms with van der Waals surface area (Å²) in [5, 5.41) is 11.6. The van der Waals surface area contributed by atoms with E-state index in [1.165, 1.54) is 0 Å². The van der Waals surface area contributed by atoms with Crippen molar-refractivity contribution in [3.8, 4) is 0 Å². The number of carbonyl (C=O) groups excluding carboxylic acids is 1. The maximum absolute atomic E-state index is 11.7. The Morgan fingerprint density at radius 3 is 2.56 bits per heavy atom. The van der Waals surface area contributed by atoms with Crippen LogP contribution >= 0.6 is 0 Å². The van der Waals surface area contributed by atoms with Crippen molar-refractivity contribution in [2.75, 3.05) is 11.9 Å². The van der Waals surface area contributed by atoms with Gasteiger partial charge in [0.15, 0.2) is 0 Å². The van der Waals surface area contributed by atoms with E-state index < -0.39 is 6.04 Å². The van der Waals surface area contributed by atoms with Crippen molar-refractivity contribution in [3.63, 3.8) is 0 Å². The Labute approximate surface area is 108 Å². The molecule has 1 atom stereocenters. The number of aliphatic hydroxyl groups is 1. The minimum Gasteiger partial charge on any atom is -0.394 e. The van der Waals surface area contributed by atoms with Crippen LogP contribution in [0, 0.1) is 6.92 Å². The molecule has 0 radical (unpaired) electrons. The fourth-order valence-corrected chi connectivity index (χ4v) is 1.53. The van der Waals surface area contributed by atoms with Crippen LogP contribution in [0.3, 0.4) is 0 Å². The molecule has 0 spiro atoms. The number of rotatable bonds is 3. The van der Waals surface area contributed by atoms with Crippen molar-refractivity contribution in [3.05, 3.63) is 29.3 Å². The fraction of sp³-hybridized carbons (Fsp3) is 0.500. The van der Waals surface area contributed by atoms with Gasteiger partial charge in [-0.15, -0.1) is 0 Å². The predicted octanol–water partition coefficient (Wildman–Crippen LogP) is 1.55. The summed E-state index contributed by atoms with van der Waals surface area (Å²) in [4.78, 5) is 11.7. The van der Waals surface area contributed by atoms with Gasteiger partial charge in [0.05, 0.1) is 6.61 Å². The molecule has 4 N–H and O–H groups in total. The van der Waals surface area contributed by atoms with E-state index in [1.807, 2.05) is 19.1 Å². The fourth-order valence-electron chi connectivity index (χ4n) is 1.53. The van der Waals surface area contributed by atoms with Crippen LogP contribution < -0.4 is 11.1 Å². The maximum Gasteiger partial charge on any atom is 0.243 e. The van der Waals surface area contributed by atoms with Gasteiger partial charge >= 0.3 is 0 Å². The van der Waals surface area contributed by atoms with E-state index in [2.05, 4.69) is 32.2 Å². The summed E-state index contributed by atoms with van der Waals surface area (Å²) in [5.74, 6) is -0.369. The largest absolute Gasteiger partial charge is 0.394 e. The topological polar surface area (TPSA) is 75.4 Å². The second-order valence-electron chi connectivity index (χ2n) is 5.56. The molecule has 0 saturated carbocycles. The van der Waals surface area contributed by atoms with Gasteiger partial charge in [-0.2, -0.15) is 0 Å². The molecule has 1 unspecified atom stereocenters.